The molecule has 1 aliphatic carbocycles. The van der Waals surface area contributed by atoms with Crippen molar-refractivity contribution in [3.05, 3.63) is 118 Å². The van der Waals surface area contributed by atoms with Gasteiger partial charge in [-0.15, -0.1) is 0 Å². The Morgan fingerprint density at radius 3 is 1.56 bits per heavy atom. The van der Waals surface area contributed by atoms with Crippen molar-refractivity contribution in [3.8, 4) is 0 Å². The molecule has 50 heavy (non-hydrogen) atoms. The average molecular weight is 663 g/mol. The van der Waals surface area contributed by atoms with Crippen LogP contribution in [-0.2, 0) is 17.9 Å². The predicted octanol–water partition coefficient (Wildman–Crippen LogP) is 7.21. The molecule has 7 heteroatoms. The molecule has 2 aliphatic rings. The summed E-state index contributed by atoms with van der Waals surface area (Å²) in [6.45, 7) is 10.1. The minimum atomic E-state index is -1.34. The fraction of sp³-hybridized carbons (Fsp3) is 0.256. The Morgan fingerprint density at radius 2 is 1.12 bits per heavy atom. The van der Waals surface area contributed by atoms with Gasteiger partial charge in [0, 0.05) is 69.5 Å². The Bertz CT molecular complexity index is 2400. The highest BCUT2D eigenvalue weighted by molar-refractivity contribution is 6.11. The summed E-state index contributed by atoms with van der Waals surface area (Å²) in [6.07, 6.45) is 8.68. The summed E-state index contributed by atoms with van der Waals surface area (Å²) >= 11 is 0. The van der Waals surface area contributed by atoms with Crippen molar-refractivity contribution in [3.63, 3.8) is 0 Å². The number of amides is 3. The van der Waals surface area contributed by atoms with E-state index in [-0.39, 0.29) is 18.7 Å². The Labute approximate surface area is 291 Å². The Balaban J connectivity index is 1.38. The third-order valence-corrected chi connectivity index (χ3v) is 10.7. The lowest BCUT2D eigenvalue weighted by molar-refractivity contribution is -0.130. The smallest absolute Gasteiger partial charge is 0.329 e. The zero-order valence-electron chi connectivity index (χ0n) is 29.1. The molecule has 0 spiro atoms. The quantitative estimate of drug-likeness (QED) is 0.192. The predicted molar refractivity (Wildman–Crippen MR) is 203 cm³/mol. The number of benzene rings is 4. The van der Waals surface area contributed by atoms with Crippen LogP contribution in [0.2, 0.25) is 0 Å². The molecule has 3 amide bonds. The second kappa shape index (κ2) is 12.5. The number of hydrogen-bond acceptors (Lipinski definition) is 3. The third-order valence-electron chi connectivity index (χ3n) is 10.7. The van der Waals surface area contributed by atoms with E-state index < -0.39 is 18.2 Å². The number of nitrogens with zero attached hydrogens (tertiary/aromatic N) is 4. The SMILES string of the molecule is CCN1C(=O)C(=C2/C(=C\C=c3\c4cccc5cccc(c54)n3CC)CC/C2=C/C=c2/c3cccc4cccc(c43)n2CC)C(O)N(CC)C1=O. The van der Waals surface area contributed by atoms with Crippen molar-refractivity contribution in [2.45, 2.75) is 59.9 Å². The number of carbonyl (C=O) groups excluding carboxylic acids is 2. The third kappa shape index (κ3) is 4.67. The van der Waals surface area contributed by atoms with E-state index in [1.165, 1.54) is 53.2 Å². The number of carbonyl (C=O) groups is 2. The molecule has 4 aromatic carbocycles. The first-order chi connectivity index (χ1) is 24.4. The normalized spacial score (nSPS) is 19.9. The van der Waals surface area contributed by atoms with Gasteiger partial charge in [-0.3, -0.25) is 14.6 Å². The van der Waals surface area contributed by atoms with Crippen LogP contribution in [-0.4, -0.2) is 55.3 Å². The van der Waals surface area contributed by atoms with Crippen LogP contribution in [0.1, 0.15) is 40.5 Å². The number of aryl methyl sites for hydroxylation is 2. The maximum Gasteiger partial charge on any atom is 0.329 e. The second-order valence-corrected chi connectivity index (χ2v) is 13.1. The van der Waals surface area contributed by atoms with E-state index in [0.717, 1.165) is 40.5 Å². The molecule has 3 heterocycles. The number of aliphatic hydroxyl groups is 1. The minimum absolute atomic E-state index is 0.227. The molecule has 1 unspecified atom stereocenters. The minimum Gasteiger partial charge on any atom is -0.369 e. The van der Waals surface area contributed by atoms with Crippen LogP contribution in [0.3, 0.4) is 0 Å². The Hall–Kier alpha value is -5.40. The van der Waals surface area contributed by atoms with Crippen LogP contribution >= 0.6 is 0 Å². The number of likely N-dealkylation sites (N-methyl/N-ethyl adjacent to an activating group) is 2. The second-order valence-electron chi connectivity index (χ2n) is 13.1. The Kier molecular flexibility index (Phi) is 7.95. The van der Waals surface area contributed by atoms with E-state index in [9.17, 15) is 14.7 Å². The molecule has 0 bridgehead atoms. The van der Waals surface area contributed by atoms with Crippen molar-refractivity contribution < 1.29 is 14.7 Å². The fourth-order valence-corrected chi connectivity index (χ4v) is 8.46. The molecular weight excluding hydrogens is 620 g/mol. The Morgan fingerprint density at radius 1 is 0.640 bits per heavy atom. The van der Waals surface area contributed by atoms with Gasteiger partial charge in [0.2, 0.25) is 0 Å². The van der Waals surface area contributed by atoms with Gasteiger partial charge in [0.15, 0.2) is 6.23 Å². The zero-order valence-corrected chi connectivity index (χ0v) is 29.1. The molecule has 2 fully saturated rings. The molecule has 1 saturated heterocycles. The van der Waals surface area contributed by atoms with Crippen LogP contribution < -0.4 is 10.7 Å². The van der Waals surface area contributed by atoms with Gasteiger partial charge < -0.3 is 14.2 Å². The lowest BCUT2D eigenvalue weighted by Crippen LogP contribution is -2.58. The molecule has 2 aromatic heterocycles. The van der Waals surface area contributed by atoms with Gasteiger partial charge in [-0.05, 0) is 92.3 Å². The molecule has 1 saturated carbocycles. The van der Waals surface area contributed by atoms with Gasteiger partial charge in [0.05, 0.1) is 5.57 Å². The van der Waals surface area contributed by atoms with Gasteiger partial charge in [-0.1, -0.05) is 72.8 Å². The first-order valence-electron chi connectivity index (χ1n) is 17.9. The van der Waals surface area contributed by atoms with E-state index >= 15 is 0 Å². The number of aliphatic hydroxyl groups excluding tert-OH is 1. The van der Waals surface area contributed by atoms with Gasteiger partial charge in [0.25, 0.3) is 5.91 Å². The molecule has 252 valence electrons. The molecule has 7 nitrogen and oxygen atoms in total. The fourth-order valence-electron chi connectivity index (χ4n) is 8.46. The summed E-state index contributed by atoms with van der Waals surface area (Å²) in [6, 6.07) is 25.3. The molecular formula is C43H42N4O3. The molecule has 1 N–H and O–H groups in total. The summed E-state index contributed by atoms with van der Waals surface area (Å²) in [5, 5.41) is 21.3. The van der Waals surface area contributed by atoms with Crippen molar-refractivity contribution in [2.24, 2.45) is 0 Å². The van der Waals surface area contributed by atoms with Crippen LogP contribution in [0.4, 0.5) is 4.79 Å². The number of urea groups is 1. The van der Waals surface area contributed by atoms with Gasteiger partial charge in [0.1, 0.15) is 0 Å². The van der Waals surface area contributed by atoms with E-state index in [4.69, 9.17) is 0 Å². The van der Waals surface area contributed by atoms with Gasteiger partial charge >= 0.3 is 6.03 Å². The first kappa shape index (κ1) is 31.8. The van der Waals surface area contributed by atoms with Crippen LogP contribution in [0.25, 0.3) is 55.5 Å². The summed E-state index contributed by atoms with van der Waals surface area (Å²) < 4.78 is 4.68. The van der Waals surface area contributed by atoms with Gasteiger partial charge in [-0.2, -0.15) is 0 Å². The highest BCUT2D eigenvalue weighted by Gasteiger charge is 2.43. The number of rotatable bonds is 6. The molecule has 0 radical (unpaired) electrons. The zero-order chi connectivity index (χ0) is 34.7. The number of hydrogen-bond donors (Lipinski definition) is 1. The van der Waals surface area contributed by atoms with Crippen LogP contribution in [0.5, 0.6) is 0 Å². The molecule has 6 aromatic rings. The van der Waals surface area contributed by atoms with E-state index in [2.05, 4.69) is 120 Å². The highest BCUT2D eigenvalue weighted by atomic mass is 16.3. The average Bonchev–Trinajstić information content (AvgIpc) is 3.78. The largest absolute Gasteiger partial charge is 0.369 e. The number of aromatic nitrogens is 2. The van der Waals surface area contributed by atoms with E-state index in [0.29, 0.717) is 12.8 Å². The molecule has 8 rings (SSSR count). The molecule has 1 atom stereocenters. The maximum absolute atomic E-state index is 14.1. The summed E-state index contributed by atoms with van der Waals surface area (Å²) in [7, 11) is 0. The topological polar surface area (TPSA) is 70.7 Å². The van der Waals surface area contributed by atoms with Gasteiger partial charge in [-0.25, -0.2) is 4.79 Å². The lowest BCUT2D eigenvalue weighted by Gasteiger charge is -2.39. The first-order valence-corrected chi connectivity index (χ1v) is 17.9. The summed E-state index contributed by atoms with van der Waals surface area (Å²) in [5.74, 6) is -0.426. The highest BCUT2D eigenvalue weighted by Crippen LogP contribution is 2.41. The van der Waals surface area contributed by atoms with Crippen molar-refractivity contribution in [1.82, 2.24) is 18.9 Å². The lowest BCUT2D eigenvalue weighted by atomic mass is 9.94. The number of imide groups is 1. The molecule has 1 aliphatic heterocycles. The monoisotopic (exact) mass is 662 g/mol. The van der Waals surface area contributed by atoms with Crippen LogP contribution in [0.15, 0.2) is 107 Å². The standard InChI is InChI=1S/C43H42N4O3/c1-5-44-33(31-17-9-13-27-15-11-19-35(44)38(27)31)25-23-29-21-22-30(37(29)40-41(48)46(7-3)43(50)47(8-4)42(40)49)24-26-34-32-18-10-14-28-16-12-20-36(39(28)32)45(34)6-2/h9-20,23-26,41,48H,5-8,21-22H2,1-4H3/b29-23-,30-24-,33-25-,34-26-. The van der Waals surface area contributed by atoms with E-state index in [1.807, 2.05) is 6.92 Å². The number of allylic oxidation sites excluding steroid dienone is 5. The van der Waals surface area contributed by atoms with Crippen molar-refractivity contribution in [1.29, 1.82) is 0 Å². The van der Waals surface area contributed by atoms with Crippen molar-refractivity contribution >= 4 is 67.4 Å². The maximum atomic E-state index is 14.1. The summed E-state index contributed by atoms with van der Waals surface area (Å²) in [5.41, 5.74) is 5.37. The summed E-state index contributed by atoms with van der Waals surface area (Å²) in [4.78, 5) is 30.0. The van der Waals surface area contributed by atoms with Crippen molar-refractivity contribution in [2.75, 3.05) is 13.1 Å². The van der Waals surface area contributed by atoms with E-state index in [1.54, 1.807) is 6.92 Å². The van der Waals surface area contributed by atoms with Crippen LogP contribution in [0, 0.1) is 0 Å².